The van der Waals surface area contributed by atoms with E-state index in [4.69, 9.17) is 21.1 Å². The summed E-state index contributed by atoms with van der Waals surface area (Å²) in [6.45, 7) is 4.07. The fourth-order valence-corrected chi connectivity index (χ4v) is 4.76. The molecular formula is C22H22ClN3O4S. The lowest BCUT2D eigenvalue weighted by molar-refractivity contribution is 0.0390. The Hall–Kier alpha value is -2.52. The summed E-state index contributed by atoms with van der Waals surface area (Å²) >= 11 is 7.71. The number of methoxy groups -OCH3 is 1. The Morgan fingerprint density at radius 2 is 1.90 bits per heavy atom. The minimum atomic E-state index is -0.551. The number of ether oxygens (including phenoxy) is 2. The van der Waals surface area contributed by atoms with E-state index < -0.39 is 5.97 Å². The quantitative estimate of drug-likeness (QED) is 0.523. The average Bonchev–Trinajstić information content (AvgIpc) is 3.24. The molecule has 0 spiro atoms. The number of halogens is 1. The van der Waals surface area contributed by atoms with Gasteiger partial charge < -0.3 is 9.47 Å². The number of carbonyl (C=O) groups is 2. The fraction of sp³-hybridized carbons (Fsp3) is 0.318. The van der Waals surface area contributed by atoms with Gasteiger partial charge in [-0.3, -0.25) is 14.6 Å². The number of nitrogens with zero attached hydrogens (tertiary/aromatic N) is 3. The maximum atomic E-state index is 13.6. The molecule has 1 saturated heterocycles. The lowest BCUT2D eigenvalue weighted by Gasteiger charge is -2.29. The number of hydrogen-bond donors (Lipinski definition) is 0. The first kappa shape index (κ1) is 21.7. The molecule has 9 heteroatoms. The van der Waals surface area contributed by atoms with E-state index in [1.165, 1.54) is 18.4 Å². The Bertz CT molecular complexity index is 1100. The van der Waals surface area contributed by atoms with Gasteiger partial charge in [0.1, 0.15) is 5.52 Å². The number of hydrogen-bond acceptors (Lipinski definition) is 7. The summed E-state index contributed by atoms with van der Waals surface area (Å²) in [6.07, 6.45) is 0. The van der Waals surface area contributed by atoms with Crippen LogP contribution < -0.4 is 4.90 Å². The number of carbonyl (C=O) groups excluding carboxylic acids is 2. The number of aromatic nitrogens is 1. The van der Waals surface area contributed by atoms with Gasteiger partial charge in [0, 0.05) is 26.2 Å². The van der Waals surface area contributed by atoms with Crippen molar-refractivity contribution in [2.24, 2.45) is 0 Å². The van der Waals surface area contributed by atoms with E-state index in [0.29, 0.717) is 42.0 Å². The maximum absolute atomic E-state index is 13.6. The first-order chi connectivity index (χ1) is 15.1. The number of benzene rings is 2. The van der Waals surface area contributed by atoms with Crippen LogP contribution in [0.2, 0.25) is 5.02 Å². The number of para-hydroxylation sites is 1. The summed E-state index contributed by atoms with van der Waals surface area (Å²) in [5.74, 6) is -0.853. The normalized spacial score (nSPS) is 14.5. The van der Waals surface area contributed by atoms with Crippen LogP contribution in [-0.2, 0) is 9.47 Å². The first-order valence-corrected chi connectivity index (χ1v) is 11.1. The molecular weight excluding hydrogens is 438 g/mol. The number of fused-ring (bicyclic) bond motifs is 1. The molecule has 0 atom stereocenters. The molecule has 0 N–H and O–H groups in total. The molecule has 2 aromatic carbocycles. The molecule has 0 aliphatic carbocycles. The Morgan fingerprint density at radius 3 is 2.61 bits per heavy atom. The standard InChI is InChI=1S/C22H22ClN3O4S/c1-29-21(28)16-6-3-2-5-15(16)20(27)26(10-9-25-11-13-30-14-12-25)22-24-19-17(23)7-4-8-18(19)31-22/h2-8H,9-14H2,1H3. The van der Waals surface area contributed by atoms with Crippen molar-refractivity contribution in [1.82, 2.24) is 9.88 Å². The van der Waals surface area contributed by atoms with Crippen molar-refractivity contribution in [3.63, 3.8) is 0 Å². The van der Waals surface area contributed by atoms with Gasteiger partial charge in [-0.25, -0.2) is 9.78 Å². The molecule has 162 valence electrons. The van der Waals surface area contributed by atoms with Crippen LogP contribution in [0.5, 0.6) is 0 Å². The van der Waals surface area contributed by atoms with Crippen LogP contribution in [0.15, 0.2) is 42.5 Å². The van der Waals surface area contributed by atoms with E-state index in [1.54, 1.807) is 35.2 Å². The van der Waals surface area contributed by atoms with Crippen LogP contribution in [0.1, 0.15) is 20.7 Å². The third-order valence-corrected chi connectivity index (χ3v) is 6.49. The fourth-order valence-electron chi connectivity index (χ4n) is 3.47. The summed E-state index contributed by atoms with van der Waals surface area (Å²) in [5, 5.41) is 1.08. The van der Waals surface area contributed by atoms with Crippen molar-refractivity contribution >= 4 is 50.2 Å². The van der Waals surface area contributed by atoms with Crippen LogP contribution in [0.4, 0.5) is 5.13 Å². The van der Waals surface area contributed by atoms with Crippen molar-refractivity contribution in [2.75, 3.05) is 51.4 Å². The van der Waals surface area contributed by atoms with Gasteiger partial charge in [0.25, 0.3) is 5.91 Å². The zero-order chi connectivity index (χ0) is 21.8. The predicted molar refractivity (Wildman–Crippen MR) is 121 cm³/mol. The lowest BCUT2D eigenvalue weighted by atomic mass is 10.1. The highest BCUT2D eigenvalue weighted by Gasteiger charge is 2.26. The van der Waals surface area contributed by atoms with E-state index in [9.17, 15) is 9.59 Å². The number of amides is 1. The number of rotatable bonds is 6. The second-order valence-electron chi connectivity index (χ2n) is 7.03. The molecule has 31 heavy (non-hydrogen) atoms. The molecule has 0 bridgehead atoms. The van der Waals surface area contributed by atoms with Crippen molar-refractivity contribution in [1.29, 1.82) is 0 Å². The van der Waals surface area contributed by atoms with Gasteiger partial charge in [0.2, 0.25) is 0 Å². The van der Waals surface area contributed by atoms with Crippen LogP contribution in [0.3, 0.4) is 0 Å². The summed E-state index contributed by atoms with van der Waals surface area (Å²) in [4.78, 5) is 34.4. The topological polar surface area (TPSA) is 72.0 Å². The second-order valence-corrected chi connectivity index (χ2v) is 8.45. The van der Waals surface area contributed by atoms with E-state index in [2.05, 4.69) is 9.88 Å². The van der Waals surface area contributed by atoms with E-state index in [0.717, 1.165) is 17.8 Å². The first-order valence-electron chi connectivity index (χ1n) is 9.93. The highest BCUT2D eigenvalue weighted by molar-refractivity contribution is 7.22. The average molecular weight is 460 g/mol. The minimum absolute atomic E-state index is 0.227. The Kier molecular flexibility index (Phi) is 6.82. The molecule has 3 aromatic rings. The molecule has 1 amide bonds. The van der Waals surface area contributed by atoms with Crippen molar-refractivity contribution < 1.29 is 19.1 Å². The third kappa shape index (κ3) is 4.72. The molecule has 1 fully saturated rings. The van der Waals surface area contributed by atoms with Crippen molar-refractivity contribution in [3.8, 4) is 0 Å². The van der Waals surface area contributed by atoms with Gasteiger partial charge in [-0.1, -0.05) is 41.1 Å². The van der Waals surface area contributed by atoms with Crippen LogP contribution >= 0.6 is 22.9 Å². The predicted octanol–water partition coefficient (Wildman–Crippen LogP) is 3.72. The van der Waals surface area contributed by atoms with Gasteiger partial charge in [-0.2, -0.15) is 0 Å². The number of morpholine rings is 1. The van der Waals surface area contributed by atoms with Crippen LogP contribution in [0, 0.1) is 0 Å². The monoisotopic (exact) mass is 459 g/mol. The SMILES string of the molecule is COC(=O)c1ccccc1C(=O)N(CCN1CCOCC1)c1nc2c(Cl)cccc2s1. The van der Waals surface area contributed by atoms with E-state index in [-0.39, 0.29) is 17.0 Å². The number of esters is 1. The highest BCUT2D eigenvalue weighted by Crippen LogP contribution is 2.33. The van der Waals surface area contributed by atoms with Crippen molar-refractivity contribution in [3.05, 3.63) is 58.6 Å². The third-order valence-electron chi connectivity index (χ3n) is 5.14. The Morgan fingerprint density at radius 1 is 1.16 bits per heavy atom. The summed E-state index contributed by atoms with van der Waals surface area (Å²) in [5.41, 5.74) is 1.17. The second kappa shape index (κ2) is 9.74. The Labute approximate surface area is 189 Å². The highest BCUT2D eigenvalue weighted by atomic mass is 35.5. The minimum Gasteiger partial charge on any atom is -0.465 e. The van der Waals surface area contributed by atoms with Crippen LogP contribution in [-0.4, -0.2) is 68.3 Å². The summed E-state index contributed by atoms with van der Waals surface area (Å²) in [7, 11) is 1.30. The van der Waals surface area contributed by atoms with Crippen molar-refractivity contribution in [2.45, 2.75) is 0 Å². The smallest absolute Gasteiger partial charge is 0.338 e. The molecule has 2 heterocycles. The zero-order valence-electron chi connectivity index (χ0n) is 17.0. The van der Waals surface area contributed by atoms with Crippen LogP contribution in [0.25, 0.3) is 10.2 Å². The molecule has 0 radical (unpaired) electrons. The lowest BCUT2D eigenvalue weighted by Crippen LogP contribution is -2.43. The largest absolute Gasteiger partial charge is 0.465 e. The molecule has 4 rings (SSSR count). The summed E-state index contributed by atoms with van der Waals surface area (Å²) in [6, 6.07) is 12.2. The van der Waals surface area contributed by atoms with E-state index in [1.807, 2.05) is 12.1 Å². The molecule has 0 saturated carbocycles. The molecule has 7 nitrogen and oxygen atoms in total. The number of thiazole rings is 1. The van der Waals surface area contributed by atoms with Gasteiger partial charge >= 0.3 is 5.97 Å². The van der Waals surface area contributed by atoms with E-state index >= 15 is 0 Å². The van der Waals surface area contributed by atoms with Gasteiger partial charge in [-0.05, 0) is 24.3 Å². The maximum Gasteiger partial charge on any atom is 0.338 e. The number of anilines is 1. The van der Waals surface area contributed by atoms with Gasteiger partial charge in [0.05, 0.1) is 41.2 Å². The molecule has 0 unspecified atom stereocenters. The molecule has 1 aliphatic heterocycles. The molecule has 1 aromatic heterocycles. The Balaban J connectivity index is 1.70. The van der Waals surface area contributed by atoms with Gasteiger partial charge in [0.15, 0.2) is 5.13 Å². The zero-order valence-corrected chi connectivity index (χ0v) is 18.6. The summed E-state index contributed by atoms with van der Waals surface area (Å²) < 4.78 is 11.2. The molecule has 1 aliphatic rings. The van der Waals surface area contributed by atoms with Gasteiger partial charge in [-0.15, -0.1) is 0 Å².